The van der Waals surface area contributed by atoms with E-state index < -0.39 is 0 Å². The van der Waals surface area contributed by atoms with Crippen LogP contribution in [0.2, 0.25) is 5.02 Å². The molecule has 1 amide bonds. The molecule has 0 aromatic heterocycles. The van der Waals surface area contributed by atoms with E-state index in [4.69, 9.17) is 11.6 Å². The van der Waals surface area contributed by atoms with Crippen LogP contribution in [0.3, 0.4) is 0 Å². The number of amides is 1. The van der Waals surface area contributed by atoms with Crippen molar-refractivity contribution in [3.05, 3.63) is 29.3 Å². The first-order valence-corrected chi connectivity index (χ1v) is 5.97. The minimum absolute atomic E-state index is 0.0329. The first kappa shape index (κ1) is 13.7. The number of benzene rings is 1. The van der Waals surface area contributed by atoms with Crippen molar-refractivity contribution in [2.45, 2.75) is 26.7 Å². The van der Waals surface area contributed by atoms with Gasteiger partial charge in [-0.15, -0.1) is 0 Å². The van der Waals surface area contributed by atoms with Crippen LogP contribution in [0.25, 0.3) is 0 Å². The van der Waals surface area contributed by atoms with Gasteiger partial charge in [-0.25, -0.2) is 0 Å². The van der Waals surface area contributed by atoms with Gasteiger partial charge in [0.1, 0.15) is 5.78 Å². The highest BCUT2D eigenvalue weighted by Crippen LogP contribution is 2.18. The van der Waals surface area contributed by atoms with E-state index in [9.17, 15) is 9.59 Å². The number of halogens is 1. The molecule has 0 bridgehead atoms. The fourth-order valence-corrected chi connectivity index (χ4v) is 1.67. The molecule has 0 aliphatic carbocycles. The van der Waals surface area contributed by atoms with Gasteiger partial charge < -0.3 is 9.69 Å². The molecule has 0 radical (unpaired) electrons. The molecule has 0 saturated heterocycles. The second kappa shape index (κ2) is 6.40. The largest absolute Gasteiger partial charge is 0.313 e. The molecular weight excluding hydrogens is 238 g/mol. The summed E-state index contributed by atoms with van der Waals surface area (Å²) in [6.07, 6.45) is 0.550. The molecule has 0 spiro atoms. The molecule has 1 aromatic rings. The Hall–Kier alpha value is -1.35. The number of hydrogen-bond donors (Lipinski definition) is 0. The molecule has 0 N–H and O–H groups in total. The van der Waals surface area contributed by atoms with Gasteiger partial charge in [-0.05, 0) is 38.1 Å². The van der Waals surface area contributed by atoms with Crippen LogP contribution in [0.1, 0.15) is 26.7 Å². The first-order valence-electron chi connectivity index (χ1n) is 5.60. The fourth-order valence-electron chi connectivity index (χ4n) is 1.54. The number of ketones is 1. The topological polar surface area (TPSA) is 37.4 Å². The predicted octanol–water partition coefficient (Wildman–Crippen LogP) is 3.06. The summed E-state index contributed by atoms with van der Waals surface area (Å²) in [7, 11) is 0. The lowest BCUT2D eigenvalue weighted by Crippen LogP contribution is -2.30. The Bertz CT molecular complexity index is 400. The van der Waals surface area contributed by atoms with Crippen LogP contribution in [0.15, 0.2) is 24.3 Å². The number of nitrogens with zero attached hydrogens (tertiary/aromatic N) is 1. The highest BCUT2D eigenvalue weighted by Gasteiger charge is 2.13. The summed E-state index contributed by atoms with van der Waals surface area (Å²) < 4.78 is 0. The monoisotopic (exact) mass is 253 g/mol. The van der Waals surface area contributed by atoms with Gasteiger partial charge in [-0.3, -0.25) is 4.79 Å². The van der Waals surface area contributed by atoms with E-state index in [2.05, 4.69) is 0 Å². The number of rotatable bonds is 5. The van der Waals surface area contributed by atoms with Crippen LogP contribution in [0, 0.1) is 0 Å². The SMILES string of the molecule is CCN(C(=O)CCC(C)=O)c1ccc(Cl)cc1. The van der Waals surface area contributed by atoms with Gasteiger partial charge in [0, 0.05) is 30.1 Å². The van der Waals surface area contributed by atoms with Gasteiger partial charge in [-0.1, -0.05) is 11.6 Å². The summed E-state index contributed by atoms with van der Waals surface area (Å²) in [6.45, 7) is 3.98. The van der Waals surface area contributed by atoms with Crippen molar-refractivity contribution in [2.75, 3.05) is 11.4 Å². The molecule has 0 aliphatic heterocycles. The van der Waals surface area contributed by atoms with Crippen molar-refractivity contribution in [2.24, 2.45) is 0 Å². The van der Waals surface area contributed by atoms with E-state index in [-0.39, 0.29) is 18.1 Å². The highest BCUT2D eigenvalue weighted by molar-refractivity contribution is 6.30. The molecule has 0 saturated carbocycles. The lowest BCUT2D eigenvalue weighted by atomic mass is 10.2. The first-order chi connectivity index (χ1) is 8.04. The van der Waals surface area contributed by atoms with Gasteiger partial charge in [0.25, 0.3) is 0 Å². The number of anilines is 1. The standard InChI is InChI=1S/C13H16ClNO2/c1-3-15(13(17)9-4-10(2)16)12-7-5-11(14)6-8-12/h5-8H,3-4,9H2,1-2H3. The number of carbonyl (C=O) groups is 2. The Morgan fingerprint density at radius 2 is 1.76 bits per heavy atom. The highest BCUT2D eigenvalue weighted by atomic mass is 35.5. The van der Waals surface area contributed by atoms with Crippen LogP contribution >= 0.6 is 11.6 Å². The van der Waals surface area contributed by atoms with Gasteiger partial charge in [-0.2, -0.15) is 0 Å². The normalized spacial score (nSPS) is 10.1. The number of Topliss-reactive ketones (excluding diaryl/α,β-unsaturated/α-hetero) is 1. The zero-order valence-corrected chi connectivity index (χ0v) is 10.8. The maximum Gasteiger partial charge on any atom is 0.227 e. The van der Waals surface area contributed by atoms with Crippen molar-refractivity contribution in [3.63, 3.8) is 0 Å². The molecule has 17 heavy (non-hydrogen) atoms. The van der Waals surface area contributed by atoms with Gasteiger partial charge in [0.2, 0.25) is 5.91 Å². The third-order valence-corrected chi connectivity index (χ3v) is 2.70. The Kier molecular flexibility index (Phi) is 5.16. The molecule has 92 valence electrons. The van der Waals surface area contributed by atoms with Crippen LogP contribution in [-0.4, -0.2) is 18.2 Å². The summed E-state index contributed by atoms with van der Waals surface area (Å²) in [5.74, 6) is -0.00414. The van der Waals surface area contributed by atoms with Crippen molar-refractivity contribution in [1.29, 1.82) is 0 Å². The van der Waals surface area contributed by atoms with E-state index in [1.807, 2.05) is 6.92 Å². The van der Waals surface area contributed by atoms with Crippen molar-refractivity contribution in [3.8, 4) is 0 Å². The quantitative estimate of drug-likeness (QED) is 0.809. The Balaban J connectivity index is 2.73. The molecule has 0 fully saturated rings. The minimum atomic E-state index is -0.0370. The van der Waals surface area contributed by atoms with Crippen LogP contribution in [0.4, 0.5) is 5.69 Å². The summed E-state index contributed by atoms with van der Waals surface area (Å²) >= 11 is 5.79. The molecule has 0 aliphatic rings. The van der Waals surface area contributed by atoms with E-state index in [0.717, 1.165) is 5.69 Å². The third kappa shape index (κ3) is 4.19. The summed E-state index contributed by atoms with van der Waals surface area (Å²) in [5, 5.41) is 0.640. The Labute approximate surface area is 106 Å². The van der Waals surface area contributed by atoms with Crippen LogP contribution in [-0.2, 0) is 9.59 Å². The van der Waals surface area contributed by atoms with Crippen molar-refractivity contribution in [1.82, 2.24) is 0 Å². The fraction of sp³-hybridized carbons (Fsp3) is 0.385. The third-order valence-electron chi connectivity index (χ3n) is 2.45. The minimum Gasteiger partial charge on any atom is -0.313 e. The van der Waals surface area contributed by atoms with Gasteiger partial charge in [0.15, 0.2) is 0 Å². The Morgan fingerprint density at radius 1 is 1.18 bits per heavy atom. The molecule has 0 atom stereocenters. The van der Waals surface area contributed by atoms with Crippen molar-refractivity contribution >= 4 is 29.0 Å². The van der Waals surface area contributed by atoms with E-state index in [0.29, 0.717) is 18.0 Å². The zero-order chi connectivity index (χ0) is 12.8. The molecular formula is C13H16ClNO2. The average molecular weight is 254 g/mol. The lowest BCUT2D eigenvalue weighted by Gasteiger charge is -2.20. The molecule has 1 aromatic carbocycles. The van der Waals surface area contributed by atoms with Gasteiger partial charge in [0.05, 0.1) is 0 Å². The molecule has 4 heteroatoms. The Morgan fingerprint density at radius 3 is 2.24 bits per heavy atom. The van der Waals surface area contributed by atoms with Crippen LogP contribution in [0.5, 0.6) is 0 Å². The maximum absolute atomic E-state index is 11.9. The van der Waals surface area contributed by atoms with Crippen LogP contribution < -0.4 is 4.90 Å². The predicted molar refractivity (Wildman–Crippen MR) is 69.4 cm³/mol. The van der Waals surface area contributed by atoms with Crippen molar-refractivity contribution < 1.29 is 9.59 Å². The second-order valence-corrected chi connectivity index (χ2v) is 4.25. The molecule has 1 rings (SSSR count). The maximum atomic E-state index is 11.9. The lowest BCUT2D eigenvalue weighted by molar-refractivity contribution is -0.123. The van der Waals surface area contributed by atoms with E-state index in [1.54, 1.807) is 29.2 Å². The van der Waals surface area contributed by atoms with Gasteiger partial charge >= 0.3 is 0 Å². The molecule has 0 unspecified atom stereocenters. The second-order valence-electron chi connectivity index (χ2n) is 3.82. The summed E-state index contributed by atoms with van der Waals surface area (Å²) in [5.41, 5.74) is 0.811. The zero-order valence-electron chi connectivity index (χ0n) is 10.1. The summed E-state index contributed by atoms with van der Waals surface area (Å²) in [6, 6.07) is 7.10. The molecule has 0 heterocycles. The number of carbonyl (C=O) groups excluding carboxylic acids is 2. The summed E-state index contributed by atoms with van der Waals surface area (Å²) in [4.78, 5) is 24.4. The average Bonchev–Trinajstić information content (AvgIpc) is 2.30. The van der Waals surface area contributed by atoms with E-state index >= 15 is 0 Å². The number of hydrogen-bond acceptors (Lipinski definition) is 2. The molecule has 3 nitrogen and oxygen atoms in total. The van der Waals surface area contributed by atoms with E-state index in [1.165, 1.54) is 6.92 Å². The smallest absolute Gasteiger partial charge is 0.227 e.